The van der Waals surface area contributed by atoms with Crippen LogP contribution in [0.15, 0.2) is 51.6 Å². The summed E-state index contributed by atoms with van der Waals surface area (Å²) in [5.74, 6) is 2.60. The molecular weight excluding hydrogens is 346 g/mol. The molecular formula is C20H23N3O4. The molecule has 0 aliphatic carbocycles. The van der Waals surface area contributed by atoms with Crippen LogP contribution in [0.25, 0.3) is 11.4 Å². The Kier molecular flexibility index (Phi) is 6.25. The normalized spacial score (nSPS) is 11.9. The number of nitrogens with one attached hydrogen (secondary N) is 1. The average molecular weight is 369 g/mol. The third kappa shape index (κ3) is 5.44. The van der Waals surface area contributed by atoms with E-state index in [2.05, 4.69) is 15.5 Å². The number of carbonyl (C=O) groups excluding carboxylic acids is 1. The molecule has 0 saturated carbocycles. The molecule has 1 aromatic carbocycles. The highest BCUT2D eigenvalue weighted by atomic mass is 16.5. The Hall–Kier alpha value is -3.09. The molecule has 0 saturated heterocycles. The zero-order chi connectivity index (χ0) is 19.1. The van der Waals surface area contributed by atoms with Crippen LogP contribution in [-0.4, -0.2) is 29.2 Å². The third-order valence-electron chi connectivity index (χ3n) is 4.19. The van der Waals surface area contributed by atoms with Crippen molar-refractivity contribution in [2.24, 2.45) is 0 Å². The number of methoxy groups -OCH3 is 1. The Morgan fingerprint density at radius 1 is 1.22 bits per heavy atom. The van der Waals surface area contributed by atoms with E-state index in [4.69, 9.17) is 13.7 Å². The van der Waals surface area contributed by atoms with Crippen LogP contribution in [0.3, 0.4) is 0 Å². The highest BCUT2D eigenvalue weighted by Gasteiger charge is 2.13. The maximum Gasteiger partial charge on any atom is 0.227 e. The predicted molar refractivity (Wildman–Crippen MR) is 99.2 cm³/mol. The van der Waals surface area contributed by atoms with Crippen LogP contribution in [0.4, 0.5) is 0 Å². The first-order valence-corrected chi connectivity index (χ1v) is 8.93. The minimum Gasteiger partial charge on any atom is -0.497 e. The van der Waals surface area contributed by atoms with E-state index in [0.29, 0.717) is 24.6 Å². The number of hydrogen-bond acceptors (Lipinski definition) is 6. The van der Waals surface area contributed by atoms with Gasteiger partial charge in [-0.15, -0.1) is 0 Å². The molecule has 2 aromatic heterocycles. The lowest BCUT2D eigenvalue weighted by molar-refractivity contribution is -0.121. The number of nitrogens with zero attached hydrogens (tertiary/aromatic N) is 2. The molecule has 3 rings (SSSR count). The van der Waals surface area contributed by atoms with Gasteiger partial charge in [0.25, 0.3) is 0 Å². The summed E-state index contributed by atoms with van der Waals surface area (Å²) in [6.07, 6.45) is 3.98. The number of hydrogen-bond donors (Lipinski definition) is 1. The third-order valence-corrected chi connectivity index (χ3v) is 4.19. The van der Waals surface area contributed by atoms with Crippen LogP contribution in [0.5, 0.6) is 5.75 Å². The number of aromatic nitrogens is 2. The number of benzene rings is 1. The Bertz CT molecular complexity index is 841. The van der Waals surface area contributed by atoms with E-state index in [1.807, 2.05) is 43.3 Å². The lowest BCUT2D eigenvalue weighted by atomic mass is 10.1. The smallest absolute Gasteiger partial charge is 0.227 e. The number of carbonyl (C=O) groups is 1. The summed E-state index contributed by atoms with van der Waals surface area (Å²) in [5, 5.41) is 6.95. The molecule has 0 aliphatic rings. The first-order chi connectivity index (χ1) is 13.1. The van der Waals surface area contributed by atoms with Crippen molar-refractivity contribution in [1.82, 2.24) is 15.5 Å². The zero-order valence-corrected chi connectivity index (χ0v) is 15.5. The van der Waals surface area contributed by atoms with Gasteiger partial charge in [0.2, 0.25) is 17.6 Å². The second-order valence-corrected chi connectivity index (χ2v) is 6.33. The largest absolute Gasteiger partial charge is 0.497 e. The van der Waals surface area contributed by atoms with Gasteiger partial charge in [0.05, 0.1) is 13.4 Å². The molecule has 3 aromatic rings. The highest BCUT2D eigenvalue weighted by molar-refractivity contribution is 5.76. The van der Waals surface area contributed by atoms with Crippen molar-refractivity contribution in [1.29, 1.82) is 0 Å². The van der Waals surface area contributed by atoms with Crippen molar-refractivity contribution in [3.05, 3.63) is 54.3 Å². The molecule has 0 fully saturated rings. The van der Waals surface area contributed by atoms with Gasteiger partial charge in [-0.25, -0.2) is 0 Å². The van der Waals surface area contributed by atoms with Crippen LogP contribution < -0.4 is 10.1 Å². The monoisotopic (exact) mass is 369 g/mol. The van der Waals surface area contributed by atoms with E-state index >= 15 is 0 Å². The number of rotatable bonds is 9. The minimum atomic E-state index is -0.0360. The summed E-state index contributed by atoms with van der Waals surface area (Å²) in [6.45, 7) is 1.98. The molecule has 0 bridgehead atoms. The molecule has 1 amide bonds. The quantitative estimate of drug-likeness (QED) is 0.622. The molecule has 1 unspecified atom stereocenters. The Labute approximate surface area is 157 Å². The fourth-order valence-corrected chi connectivity index (χ4v) is 2.67. The molecule has 0 radical (unpaired) electrons. The molecule has 7 nitrogen and oxygen atoms in total. The maximum atomic E-state index is 12.1. The van der Waals surface area contributed by atoms with Gasteiger partial charge in [-0.1, -0.05) is 5.16 Å². The van der Waals surface area contributed by atoms with E-state index in [0.717, 1.165) is 29.9 Å². The minimum absolute atomic E-state index is 0.0360. The zero-order valence-electron chi connectivity index (χ0n) is 15.5. The van der Waals surface area contributed by atoms with Crippen LogP contribution in [0, 0.1) is 0 Å². The van der Waals surface area contributed by atoms with Gasteiger partial charge in [0.1, 0.15) is 11.5 Å². The number of furan rings is 1. The van der Waals surface area contributed by atoms with E-state index in [9.17, 15) is 4.79 Å². The molecule has 1 N–H and O–H groups in total. The SMILES string of the molecule is COc1ccc(-c2noc(CCC(=O)NC(C)CCc3ccco3)n2)cc1. The molecule has 2 heterocycles. The summed E-state index contributed by atoms with van der Waals surface area (Å²) in [5.41, 5.74) is 0.835. The Morgan fingerprint density at radius 2 is 2.04 bits per heavy atom. The summed E-state index contributed by atoms with van der Waals surface area (Å²) in [7, 11) is 1.62. The summed E-state index contributed by atoms with van der Waals surface area (Å²) in [4.78, 5) is 16.4. The highest BCUT2D eigenvalue weighted by Crippen LogP contribution is 2.20. The van der Waals surface area contributed by atoms with Gasteiger partial charge in [0.15, 0.2) is 0 Å². The Balaban J connectivity index is 1.44. The van der Waals surface area contributed by atoms with Crippen LogP contribution in [-0.2, 0) is 17.6 Å². The summed E-state index contributed by atoms with van der Waals surface area (Å²) in [6, 6.07) is 11.3. The summed E-state index contributed by atoms with van der Waals surface area (Å²) >= 11 is 0. The predicted octanol–water partition coefficient (Wildman–Crippen LogP) is 3.41. The lowest BCUT2D eigenvalue weighted by Gasteiger charge is -2.12. The molecule has 7 heteroatoms. The van der Waals surface area contributed by atoms with Gasteiger partial charge in [-0.2, -0.15) is 4.98 Å². The lowest BCUT2D eigenvalue weighted by Crippen LogP contribution is -2.33. The van der Waals surface area contributed by atoms with E-state index in [1.54, 1.807) is 13.4 Å². The Morgan fingerprint density at radius 3 is 2.74 bits per heavy atom. The van der Waals surface area contributed by atoms with Crippen molar-refractivity contribution in [2.75, 3.05) is 7.11 Å². The second kappa shape index (κ2) is 9.02. The summed E-state index contributed by atoms with van der Waals surface area (Å²) < 4.78 is 15.7. The van der Waals surface area contributed by atoms with E-state index in [-0.39, 0.29) is 11.9 Å². The van der Waals surface area contributed by atoms with Crippen LogP contribution in [0.2, 0.25) is 0 Å². The average Bonchev–Trinajstić information content (AvgIpc) is 3.37. The van der Waals surface area contributed by atoms with Gasteiger partial charge >= 0.3 is 0 Å². The molecule has 0 aliphatic heterocycles. The van der Waals surface area contributed by atoms with Crippen LogP contribution in [0.1, 0.15) is 31.4 Å². The number of aryl methyl sites for hydroxylation is 2. The second-order valence-electron chi connectivity index (χ2n) is 6.33. The standard InChI is InChI=1S/C20H23N3O4/c1-14(5-8-17-4-3-13-26-17)21-18(24)11-12-19-22-20(23-27-19)15-6-9-16(25-2)10-7-15/h3-4,6-7,9-10,13-14H,5,8,11-12H2,1-2H3,(H,21,24). The maximum absolute atomic E-state index is 12.1. The fourth-order valence-electron chi connectivity index (χ4n) is 2.67. The fraction of sp³-hybridized carbons (Fsp3) is 0.350. The topological polar surface area (TPSA) is 90.4 Å². The van der Waals surface area contributed by atoms with Crippen molar-refractivity contribution < 1.29 is 18.5 Å². The van der Waals surface area contributed by atoms with Gasteiger partial charge in [0, 0.05) is 30.9 Å². The molecule has 27 heavy (non-hydrogen) atoms. The van der Waals surface area contributed by atoms with E-state index in [1.165, 1.54) is 0 Å². The van der Waals surface area contributed by atoms with Crippen molar-refractivity contribution >= 4 is 5.91 Å². The number of amides is 1. The molecule has 0 spiro atoms. The van der Waals surface area contributed by atoms with Gasteiger partial charge in [-0.05, 0) is 49.7 Å². The molecule has 1 atom stereocenters. The van der Waals surface area contributed by atoms with Crippen LogP contribution >= 0.6 is 0 Å². The van der Waals surface area contributed by atoms with Crippen molar-refractivity contribution in [3.63, 3.8) is 0 Å². The number of ether oxygens (including phenoxy) is 1. The van der Waals surface area contributed by atoms with E-state index < -0.39 is 0 Å². The van der Waals surface area contributed by atoms with Crippen molar-refractivity contribution in [3.8, 4) is 17.1 Å². The van der Waals surface area contributed by atoms with Gasteiger partial charge < -0.3 is 19.0 Å². The first-order valence-electron chi connectivity index (χ1n) is 8.93. The molecule has 142 valence electrons. The van der Waals surface area contributed by atoms with Crippen molar-refractivity contribution in [2.45, 2.75) is 38.6 Å². The van der Waals surface area contributed by atoms with Gasteiger partial charge in [-0.3, -0.25) is 4.79 Å². The first kappa shape index (κ1) is 18.7.